The lowest BCUT2D eigenvalue weighted by Gasteiger charge is -2.14. The van der Waals surface area contributed by atoms with Crippen molar-refractivity contribution in [2.24, 2.45) is 5.84 Å². The smallest absolute Gasteiger partial charge is 0.354 e. The lowest BCUT2D eigenvalue weighted by Crippen LogP contribution is -2.15. The molecule has 4 N–H and O–H groups in total. The van der Waals surface area contributed by atoms with Gasteiger partial charge in [-0.2, -0.15) is 0 Å². The summed E-state index contributed by atoms with van der Waals surface area (Å²) in [6.45, 7) is 5.71. The van der Waals surface area contributed by atoms with Crippen LogP contribution in [0, 0.1) is 24.0 Å². The van der Waals surface area contributed by atoms with Crippen molar-refractivity contribution in [3.63, 3.8) is 0 Å². The van der Waals surface area contributed by atoms with Gasteiger partial charge >= 0.3 is 5.69 Å². The Balaban J connectivity index is 2.35. The quantitative estimate of drug-likeness (QED) is 0.433. The van der Waals surface area contributed by atoms with Gasteiger partial charge in [0.05, 0.1) is 21.7 Å². The van der Waals surface area contributed by atoms with Crippen molar-refractivity contribution in [2.75, 3.05) is 10.7 Å². The van der Waals surface area contributed by atoms with Crippen LogP contribution in [0.5, 0.6) is 0 Å². The Morgan fingerprint density at radius 3 is 2.57 bits per heavy atom. The maximum atomic E-state index is 11.2. The molecule has 0 radical (unpaired) electrons. The van der Waals surface area contributed by atoms with Gasteiger partial charge < -0.3 is 10.7 Å². The van der Waals surface area contributed by atoms with Crippen LogP contribution in [0.3, 0.4) is 0 Å². The minimum atomic E-state index is -0.574. The van der Waals surface area contributed by atoms with Crippen molar-refractivity contribution in [1.82, 2.24) is 15.0 Å². The molecule has 0 fully saturated rings. The first-order valence-electron chi connectivity index (χ1n) is 6.10. The molecule has 0 bridgehead atoms. The van der Waals surface area contributed by atoms with E-state index in [1.54, 1.807) is 0 Å². The first kappa shape index (κ1) is 15.1. The summed E-state index contributed by atoms with van der Waals surface area (Å²) in [5.74, 6) is 5.32. The SMILES string of the molecule is Cc1nc(C)c(C(C)Nc2ncnc(NN)c2[N+](=O)[O-])s1. The first-order chi connectivity index (χ1) is 9.93. The second kappa shape index (κ2) is 5.97. The molecule has 0 saturated heterocycles. The van der Waals surface area contributed by atoms with Crippen LogP contribution < -0.4 is 16.6 Å². The molecule has 1 atom stereocenters. The molecule has 2 rings (SSSR count). The summed E-state index contributed by atoms with van der Waals surface area (Å²) in [4.78, 5) is 23.6. The summed E-state index contributed by atoms with van der Waals surface area (Å²) in [5.41, 5.74) is 2.81. The van der Waals surface area contributed by atoms with Crippen LogP contribution in [0.15, 0.2) is 6.33 Å². The predicted molar refractivity (Wildman–Crippen MR) is 80.1 cm³/mol. The summed E-state index contributed by atoms with van der Waals surface area (Å²) in [6.07, 6.45) is 1.21. The van der Waals surface area contributed by atoms with Crippen molar-refractivity contribution in [1.29, 1.82) is 0 Å². The molecule has 10 heteroatoms. The summed E-state index contributed by atoms with van der Waals surface area (Å²) in [5, 5.41) is 15.1. The molecule has 0 aromatic carbocycles. The molecule has 0 saturated carbocycles. The third kappa shape index (κ3) is 3.06. The normalized spacial score (nSPS) is 12.0. The Labute approximate surface area is 124 Å². The lowest BCUT2D eigenvalue weighted by molar-refractivity contribution is -0.383. The van der Waals surface area contributed by atoms with Gasteiger partial charge in [-0.05, 0) is 20.8 Å². The fourth-order valence-electron chi connectivity index (χ4n) is 1.98. The fourth-order valence-corrected chi connectivity index (χ4v) is 2.91. The Kier molecular flexibility index (Phi) is 4.29. The maximum Gasteiger partial charge on any atom is 0.354 e. The van der Waals surface area contributed by atoms with Crippen LogP contribution in [-0.2, 0) is 0 Å². The molecular weight excluding hydrogens is 294 g/mol. The van der Waals surface area contributed by atoms with Crippen molar-refractivity contribution < 1.29 is 4.92 Å². The molecule has 2 aromatic rings. The number of hydrazine groups is 1. The zero-order chi connectivity index (χ0) is 15.6. The second-order valence-electron chi connectivity index (χ2n) is 4.37. The topological polar surface area (TPSA) is 132 Å². The minimum absolute atomic E-state index is 0.0399. The Bertz CT molecular complexity index is 673. The molecule has 0 aliphatic carbocycles. The molecule has 0 spiro atoms. The highest BCUT2D eigenvalue weighted by atomic mass is 32.1. The number of hydrogen-bond acceptors (Lipinski definition) is 9. The van der Waals surface area contributed by atoms with E-state index in [9.17, 15) is 10.1 Å². The molecule has 112 valence electrons. The van der Waals surface area contributed by atoms with Gasteiger partial charge in [0.15, 0.2) is 0 Å². The van der Waals surface area contributed by atoms with Gasteiger partial charge in [0.25, 0.3) is 0 Å². The van der Waals surface area contributed by atoms with Crippen molar-refractivity contribution in [2.45, 2.75) is 26.8 Å². The number of nitrogens with one attached hydrogen (secondary N) is 2. The molecule has 0 aliphatic heterocycles. The number of anilines is 2. The average molecular weight is 309 g/mol. The molecule has 21 heavy (non-hydrogen) atoms. The zero-order valence-electron chi connectivity index (χ0n) is 11.7. The monoisotopic (exact) mass is 309 g/mol. The standard InChI is InChI=1S/C11H15N7O2S/c1-5-9(21-7(3)15-5)6(2)16-10-8(18(19)20)11(17-12)14-4-13-10/h4,6H,12H2,1-3H3,(H2,13,14,16,17). The molecular formula is C11H15N7O2S. The fraction of sp³-hybridized carbons (Fsp3) is 0.364. The summed E-state index contributed by atoms with van der Waals surface area (Å²) in [6, 6.07) is -0.171. The van der Waals surface area contributed by atoms with Gasteiger partial charge in [0.2, 0.25) is 11.6 Å². The third-order valence-corrected chi connectivity index (χ3v) is 4.08. The van der Waals surface area contributed by atoms with Crippen molar-refractivity contribution in [3.8, 4) is 0 Å². The Hall–Kier alpha value is -2.33. The zero-order valence-corrected chi connectivity index (χ0v) is 12.6. The minimum Gasteiger partial charge on any atom is -0.357 e. The number of aromatic nitrogens is 3. The van der Waals surface area contributed by atoms with Crippen LogP contribution >= 0.6 is 11.3 Å². The molecule has 0 amide bonds. The molecule has 1 unspecified atom stereocenters. The number of nitrogen functional groups attached to an aromatic ring is 1. The van der Waals surface area contributed by atoms with E-state index >= 15 is 0 Å². The maximum absolute atomic E-state index is 11.2. The molecule has 2 aromatic heterocycles. The largest absolute Gasteiger partial charge is 0.357 e. The van der Waals surface area contributed by atoms with Crippen LogP contribution in [0.2, 0.25) is 0 Å². The summed E-state index contributed by atoms with van der Waals surface area (Å²) in [7, 11) is 0. The third-order valence-electron chi connectivity index (χ3n) is 2.83. The van der Waals surface area contributed by atoms with Gasteiger partial charge in [-0.25, -0.2) is 20.8 Å². The molecule has 9 nitrogen and oxygen atoms in total. The van der Waals surface area contributed by atoms with Gasteiger partial charge in [0.1, 0.15) is 6.33 Å². The van der Waals surface area contributed by atoms with E-state index in [0.29, 0.717) is 0 Å². The molecule has 0 aliphatic rings. The predicted octanol–water partition coefficient (Wildman–Crippen LogP) is 1.92. The number of thiazole rings is 1. The van der Waals surface area contributed by atoms with E-state index in [4.69, 9.17) is 5.84 Å². The van der Waals surface area contributed by atoms with E-state index < -0.39 is 4.92 Å². The summed E-state index contributed by atoms with van der Waals surface area (Å²) < 4.78 is 0. The average Bonchev–Trinajstić information content (AvgIpc) is 2.77. The van der Waals surface area contributed by atoms with Crippen LogP contribution in [0.1, 0.15) is 28.5 Å². The number of nitrogens with zero attached hydrogens (tertiary/aromatic N) is 4. The van der Waals surface area contributed by atoms with E-state index in [2.05, 4.69) is 25.7 Å². The number of nitro groups is 1. The van der Waals surface area contributed by atoms with E-state index in [-0.39, 0.29) is 23.4 Å². The summed E-state index contributed by atoms with van der Waals surface area (Å²) >= 11 is 1.54. The number of hydrogen-bond donors (Lipinski definition) is 3. The number of rotatable bonds is 5. The number of nitrogens with two attached hydrogens (primary N) is 1. The highest BCUT2D eigenvalue weighted by molar-refractivity contribution is 7.11. The highest BCUT2D eigenvalue weighted by Gasteiger charge is 2.24. The highest BCUT2D eigenvalue weighted by Crippen LogP contribution is 2.33. The van der Waals surface area contributed by atoms with Gasteiger partial charge in [-0.1, -0.05) is 0 Å². The Morgan fingerprint density at radius 2 is 2.05 bits per heavy atom. The van der Waals surface area contributed by atoms with Crippen LogP contribution in [0.4, 0.5) is 17.3 Å². The first-order valence-corrected chi connectivity index (χ1v) is 6.92. The van der Waals surface area contributed by atoms with E-state index in [1.807, 2.05) is 20.8 Å². The lowest BCUT2D eigenvalue weighted by atomic mass is 10.2. The van der Waals surface area contributed by atoms with Gasteiger partial charge in [0, 0.05) is 4.88 Å². The van der Waals surface area contributed by atoms with Crippen molar-refractivity contribution in [3.05, 3.63) is 32.0 Å². The molecule has 2 heterocycles. The Morgan fingerprint density at radius 1 is 1.38 bits per heavy atom. The number of aryl methyl sites for hydroxylation is 2. The van der Waals surface area contributed by atoms with Gasteiger partial charge in [-0.15, -0.1) is 11.3 Å². The van der Waals surface area contributed by atoms with E-state index in [0.717, 1.165) is 15.6 Å². The van der Waals surface area contributed by atoms with Crippen LogP contribution in [0.25, 0.3) is 0 Å². The second-order valence-corrected chi connectivity index (χ2v) is 5.60. The van der Waals surface area contributed by atoms with E-state index in [1.165, 1.54) is 17.7 Å². The van der Waals surface area contributed by atoms with Crippen molar-refractivity contribution >= 4 is 28.7 Å². The van der Waals surface area contributed by atoms with Gasteiger partial charge in [-0.3, -0.25) is 10.1 Å². The van der Waals surface area contributed by atoms with Crippen LogP contribution in [-0.4, -0.2) is 19.9 Å².